The van der Waals surface area contributed by atoms with Crippen LogP contribution in [0.4, 0.5) is 5.13 Å². The second kappa shape index (κ2) is 5.63. The van der Waals surface area contributed by atoms with Crippen molar-refractivity contribution in [2.75, 3.05) is 18.7 Å². The van der Waals surface area contributed by atoms with Gasteiger partial charge in [0.1, 0.15) is 0 Å². The highest BCUT2D eigenvalue weighted by Gasteiger charge is 2.16. The molecule has 2 heterocycles. The van der Waals surface area contributed by atoms with Crippen LogP contribution in [0.5, 0.6) is 5.88 Å². The molecular weight excluding hydrogens is 342 g/mol. The first kappa shape index (κ1) is 15.4. The molecule has 1 N–H and O–H groups in total. The van der Waals surface area contributed by atoms with E-state index in [1.807, 2.05) is 0 Å². The normalized spacial score (nSPS) is 11.6. The number of methoxy groups -OCH3 is 1. The first-order valence-electron chi connectivity index (χ1n) is 6.29. The number of nitrogens with one attached hydrogen (secondary N) is 1. The van der Waals surface area contributed by atoms with Gasteiger partial charge < -0.3 is 9.26 Å². The number of hydrogen-bond donors (Lipinski definition) is 1. The summed E-state index contributed by atoms with van der Waals surface area (Å²) in [4.78, 5) is 16.4. The van der Waals surface area contributed by atoms with Gasteiger partial charge in [-0.1, -0.05) is 11.3 Å². The number of amides is 1. The number of thiazole rings is 1. The first-order valence-corrected chi connectivity index (χ1v) is 9.00. The Labute approximate surface area is 135 Å². The van der Waals surface area contributed by atoms with Crippen LogP contribution in [-0.4, -0.2) is 37.8 Å². The lowest BCUT2D eigenvalue weighted by atomic mass is 10.3. The Morgan fingerprint density at radius 1 is 1.35 bits per heavy atom. The van der Waals surface area contributed by atoms with Crippen molar-refractivity contribution in [3.63, 3.8) is 0 Å². The maximum atomic E-state index is 12.0. The molecule has 3 aromatic rings. The fourth-order valence-corrected chi connectivity index (χ4v) is 3.43. The van der Waals surface area contributed by atoms with Gasteiger partial charge in [0.05, 0.1) is 28.3 Å². The number of nitrogens with zero attached hydrogens (tertiary/aromatic N) is 2. The summed E-state index contributed by atoms with van der Waals surface area (Å²) >= 11 is 1.16. The number of hydrogen-bond acceptors (Lipinski definition) is 8. The van der Waals surface area contributed by atoms with Crippen molar-refractivity contribution in [2.45, 2.75) is 4.90 Å². The minimum absolute atomic E-state index is 0.0158. The Hall–Kier alpha value is -2.46. The Morgan fingerprint density at radius 2 is 2.13 bits per heavy atom. The molecule has 0 unspecified atom stereocenters. The largest absolute Gasteiger partial charge is 0.479 e. The topological polar surface area (TPSA) is 111 Å². The summed E-state index contributed by atoms with van der Waals surface area (Å²) in [5.41, 5.74) is 0.591. The van der Waals surface area contributed by atoms with Crippen molar-refractivity contribution in [2.24, 2.45) is 0 Å². The van der Waals surface area contributed by atoms with E-state index in [-0.39, 0.29) is 16.5 Å². The maximum Gasteiger partial charge on any atom is 0.296 e. The third kappa shape index (κ3) is 3.17. The fraction of sp³-hybridized carbons (Fsp3) is 0.154. The number of aromatic nitrogens is 2. The molecule has 0 aliphatic carbocycles. The molecule has 0 fully saturated rings. The molecule has 0 aliphatic heterocycles. The Kier molecular flexibility index (Phi) is 3.78. The molecule has 8 nitrogen and oxygen atoms in total. The van der Waals surface area contributed by atoms with Crippen LogP contribution in [0.1, 0.15) is 10.6 Å². The summed E-state index contributed by atoms with van der Waals surface area (Å²) in [5, 5.41) is 6.44. The van der Waals surface area contributed by atoms with E-state index in [4.69, 9.17) is 9.26 Å². The van der Waals surface area contributed by atoms with Crippen LogP contribution in [-0.2, 0) is 9.84 Å². The smallest absolute Gasteiger partial charge is 0.296 e. The number of fused-ring (bicyclic) bond motifs is 1. The zero-order chi connectivity index (χ0) is 16.6. The van der Waals surface area contributed by atoms with E-state index in [1.54, 1.807) is 6.07 Å². The van der Waals surface area contributed by atoms with Crippen LogP contribution >= 0.6 is 11.3 Å². The van der Waals surface area contributed by atoms with Crippen molar-refractivity contribution in [1.82, 2.24) is 10.1 Å². The van der Waals surface area contributed by atoms with Crippen LogP contribution < -0.4 is 10.1 Å². The molecule has 1 amide bonds. The lowest BCUT2D eigenvalue weighted by Gasteiger charge is -1.96. The molecule has 2 aromatic heterocycles. The molecule has 0 atom stereocenters. The van der Waals surface area contributed by atoms with Crippen molar-refractivity contribution >= 4 is 42.4 Å². The molecular formula is C13H11N3O5S2. The molecule has 0 spiro atoms. The summed E-state index contributed by atoms with van der Waals surface area (Å²) in [7, 11) is -1.89. The number of sulfone groups is 1. The molecule has 23 heavy (non-hydrogen) atoms. The standard InChI is InChI=1S/C13H11N3O5S2/c1-20-11-6-9(21-16-11)12(17)15-13-14-8-4-3-7(23(2,18)19)5-10(8)22-13/h3-6H,1-2H3,(H,14,15,17). The van der Waals surface area contributed by atoms with Crippen molar-refractivity contribution < 1.29 is 22.5 Å². The number of carbonyl (C=O) groups is 1. The second-order valence-electron chi connectivity index (χ2n) is 4.61. The average Bonchev–Trinajstić information content (AvgIpc) is 3.11. The lowest BCUT2D eigenvalue weighted by Crippen LogP contribution is -2.10. The van der Waals surface area contributed by atoms with Gasteiger partial charge in [-0.3, -0.25) is 10.1 Å². The van der Waals surface area contributed by atoms with Gasteiger partial charge in [0.25, 0.3) is 11.8 Å². The van der Waals surface area contributed by atoms with Gasteiger partial charge in [0, 0.05) is 6.26 Å². The van der Waals surface area contributed by atoms with Gasteiger partial charge in [-0.15, -0.1) is 0 Å². The molecule has 10 heteroatoms. The summed E-state index contributed by atoms with van der Waals surface area (Å²) in [6, 6.07) is 5.94. The van der Waals surface area contributed by atoms with Gasteiger partial charge >= 0.3 is 0 Å². The Bertz CT molecular complexity index is 990. The number of benzene rings is 1. The van der Waals surface area contributed by atoms with Gasteiger partial charge in [-0.05, 0) is 23.4 Å². The SMILES string of the molecule is COc1cc(C(=O)Nc2nc3ccc(S(C)(=O)=O)cc3s2)on1. The van der Waals surface area contributed by atoms with Crippen LogP contribution in [0.2, 0.25) is 0 Å². The third-order valence-electron chi connectivity index (χ3n) is 2.93. The zero-order valence-corrected chi connectivity index (χ0v) is 13.7. The highest BCUT2D eigenvalue weighted by atomic mass is 32.2. The predicted octanol–water partition coefficient (Wildman–Crippen LogP) is 1.95. The van der Waals surface area contributed by atoms with Crippen molar-refractivity contribution in [3.8, 4) is 5.88 Å². The molecule has 0 bridgehead atoms. The average molecular weight is 353 g/mol. The Morgan fingerprint density at radius 3 is 2.78 bits per heavy atom. The van der Waals surface area contributed by atoms with Crippen LogP contribution in [0.3, 0.4) is 0 Å². The summed E-state index contributed by atoms with van der Waals surface area (Å²) in [5.74, 6) is -0.349. The number of anilines is 1. The molecule has 0 saturated heterocycles. The Balaban J connectivity index is 1.87. The van der Waals surface area contributed by atoms with Gasteiger partial charge in [0.15, 0.2) is 15.0 Å². The maximum absolute atomic E-state index is 12.0. The van der Waals surface area contributed by atoms with Gasteiger partial charge in [0.2, 0.25) is 5.76 Å². The second-order valence-corrected chi connectivity index (χ2v) is 7.65. The molecule has 0 radical (unpaired) electrons. The molecule has 120 valence electrons. The highest BCUT2D eigenvalue weighted by molar-refractivity contribution is 7.90. The van der Waals surface area contributed by atoms with E-state index in [2.05, 4.69) is 15.5 Å². The monoisotopic (exact) mass is 353 g/mol. The van der Waals surface area contributed by atoms with Crippen LogP contribution in [0.15, 0.2) is 33.7 Å². The quantitative estimate of drug-likeness (QED) is 0.763. The fourth-order valence-electron chi connectivity index (χ4n) is 1.81. The molecule has 0 aliphatic rings. The van der Waals surface area contributed by atoms with Crippen molar-refractivity contribution in [3.05, 3.63) is 30.0 Å². The predicted molar refractivity (Wildman–Crippen MR) is 83.7 cm³/mol. The summed E-state index contributed by atoms with van der Waals surface area (Å²) in [6.07, 6.45) is 1.13. The van der Waals surface area contributed by atoms with Gasteiger partial charge in [-0.25, -0.2) is 13.4 Å². The molecule has 3 rings (SSSR count). The van der Waals surface area contributed by atoms with Crippen molar-refractivity contribution in [1.29, 1.82) is 0 Å². The van der Waals surface area contributed by atoms with E-state index >= 15 is 0 Å². The van der Waals surface area contributed by atoms with E-state index in [1.165, 1.54) is 25.3 Å². The highest BCUT2D eigenvalue weighted by Crippen LogP contribution is 2.28. The lowest BCUT2D eigenvalue weighted by molar-refractivity contribution is 0.0987. The zero-order valence-electron chi connectivity index (χ0n) is 12.1. The van der Waals surface area contributed by atoms with E-state index in [9.17, 15) is 13.2 Å². The first-order chi connectivity index (χ1) is 10.9. The minimum Gasteiger partial charge on any atom is -0.479 e. The summed E-state index contributed by atoms with van der Waals surface area (Å²) < 4.78 is 33.4. The number of rotatable bonds is 4. The van der Waals surface area contributed by atoms with E-state index in [0.717, 1.165) is 17.6 Å². The molecule has 0 saturated carbocycles. The third-order valence-corrected chi connectivity index (χ3v) is 4.97. The number of ether oxygens (including phenoxy) is 1. The van der Waals surface area contributed by atoms with E-state index in [0.29, 0.717) is 15.3 Å². The summed E-state index contributed by atoms with van der Waals surface area (Å²) in [6.45, 7) is 0. The van der Waals surface area contributed by atoms with Crippen LogP contribution in [0, 0.1) is 0 Å². The minimum atomic E-state index is -3.30. The van der Waals surface area contributed by atoms with Crippen LogP contribution in [0.25, 0.3) is 10.2 Å². The van der Waals surface area contributed by atoms with Gasteiger partial charge in [-0.2, -0.15) is 0 Å². The van der Waals surface area contributed by atoms with E-state index < -0.39 is 15.7 Å². The number of carbonyl (C=O) groups excluding carboxylic acids is 1. The molecule has 1 aromatic carbocycles.